The third-order valence-corrected chi connectivity index (χ3v) is 12.2. The van der Waals surface area contributed by atoms with Crippen molar-refractivity contribution in [1.29, 1.82) is 0 Å². The van der Waals surface area contributed by atoms with E-state index in [9.17, 15) is 14.7 Å². The molecule has 0 spiro atoms. The van der Waals surface area contributed by atoms with Crippen LogP contribution in [0.4, 0.5) is 0 Å². The second-order valence-corrected chi connectivity index (χ2v) is 17.4. The average Bonchev–Trinajstić information content (AvgIpc) is 2.77. The molecule has 8 heteroatoms. The van der Waals surface area contributed by atoms with Crippen LogP contribution in [0.1, 0.15) is 75.2 Å². The minimum Gasteiger partial charge on any atom is -0.480 e. The summed E-state index contributed by atoms with van der Waals surface area (Å²) in [5.41, 5.74) is 1.71. The monoisotopic (exact) mass is 543 g/mol. The molecule has 6 nitrogen and oxygen atoms in total. The van der Waals surface area contributed by atoms with Crippen LogP contribution in [-0.2, 0) is 18.8 Å². The fourth-order valence-electron chi connectivity index (χ4n) is 3.73. The normalized spacial score (nSPS) is 17.1. The lowest BCUT2D eigenvalue weighted by atomic mass is 9.90. The summed E-state index contributed by atoms with van der Waals surface area (Å²) >= 11 is 1.62. The number of allylic oxidation sites excluding steroid dienone is 1. The van der Waals surface area contributed by atoms with Gasteiger partial charge in [-0.15, -0.1) is 11.8 Å². The van der Waals surface area contributed by atoms with E-state index >= 15 is 0 Å². The Hall–Kier alpha value is -1.09. The van der Waals surface area contributed by atoms with Crippen LogP contribution in [0.2, 0.25) is 18.1 Å². The Labute approximate surface area is 226 Å². The minimum atomic E-state index is -2.03. The van der Waals surface area contributed by atoms with Gasteiger partial charge in [0.05, 0.1) is 18.1 Å². The molecule has 0 saturated carbocycles. The summed E-state index contributed by atoms with van der Waals surface area (Å²) in [5.74, 6) is -0.462. The van der Waals surface area contributed by atoms with E-state index in [4.69, 9.17) is 9.16 Å². The van der Waals surface area contributed by atoms with Gasteiger partial charge in [-0.1, -0.05) is 53.7 Å². The molecule has 0 aromatic rings. The van der Waals surface area contributed by atoms with Gasteiger partial charge in [-0.3, -0.25) is 4.79 Å². The standard InChI is InChI=1S/C28H53NO5SSi/c1-14-20(4)25(34-36(12,13)28(7,8)9)22(6)24(33-18-35-11)16-15-21(5)26(30)29(10)23(27(31)32)17-19(2)3/h14-15,19,22-25H,16-18H2,1-13H3,(H,31,32)/b20-14+,21-15+/t22-,23+,24-,25+/m0/s1. The van der Waals surface area contributed by atoms with Crippen LogP contribution in [-0.4, -0.2) is 67.7 Å². The van der Waals surface area contributed by atoms with Crippen LogP contribution in [0.3, 0.4) is 0 Å². The molecule has 1 N–H and O–H groups in total. The molecule has 210 valence electrons. The van der Waals surface area contributed by atoms with Crippen molar-refractivity contribution in [2.75, 3.05) is 19.2 Å². The topological polar surface area (TPSA) is 76.1 Å². The Morgan fingerprint density at radius 2 is 1.69 bits per heavy atom. The highest BCUT2D eigenvalue weighted by atomic mass is 32.2. The summed E-state index contributed by atoms with van der Waals surface area (Å²) in [5, 5.41) is 9.73. The molecule has 0 aliphatic heterocycles. The zero-order valence-electron chi connectivity index (χ0n) is 25.1. The summed E-state index contributed by atoms with van der Waals surface area (Å²) in [7, 11) is -0.462. The van der Waals surface area contributed by atoms with Crippen molar-refractivity contribution in [3.63, 3.8) is 0 Å². The summed E-state index contributed by atoms with van der Waals surface area (Å²) in [4.78, 5) is 26.2. The first-order valence-corrected chi connectivity index (χ1v) is 17.3. The van der Waals surface area contributed by atoms with E-state index in [0.29, 0.717) is 24.4 Å². The molecule has 0 heterocycles. The molecular formula is C28H53NO5SSi. The summed E-state index contributed by atoms with van der Waals surface area (Å²) in [6, 6.07) is -0.844. The number of amides is 1. The Morgan fingerprint density at radius 1 is 1.14 bits per heavy atom. The fraction of sp³-hybridized carbons (Fsp3) is 0.786. The van der Waals surface area contributed by atoms with Crippen molar-refractivity contribution >= 4 is 32.0 Å². The zero-order chi connectivity index (χ0) is 28.4. The van der Waals surface area contributed by atoms with Crippen LogP contribution >= 0.6 is 11.8 Å². The first kappa shape index (κ1) is 34.9. The number of carboxylic acid groups (broad SMARTS) is 1. The van der Waals surface area contributed by atoms with E-state index in [0.717, 1.165) is 0 Å². The molecule has 0 unspecified atom stereocenters. The number of carbonyl (C=O) groups is 2. The molecule has 0 bridgehead atoms. The van der Waals surface area contributed by atoms with Crippen molar-refractivity contribution in [1.82, 2.24) is 4.90 Å². The first-order valence-electron chi connectivity index (χ1n) is 13.0. The maximum Gasteiger partial charge on any atom is 0.326 e. The second kappa shape index (κ2) is 15.4. The maximum atomic E-state index is 13.1. The van der Waals surface area contributed by atoms with Gasteiger partial charge in [0.1, 0.15) is 6.04 Å². The van der Waals surface area contributed by atoms with Gasteiger partial charge in [-0.25, -0.2) is 4.79 Å². The third-order valence-electron chi connectivity index (χ3n) is 7.36. The van der Waals surface area contributed by atoms with E-state index in [1.54, 1.807) is 25.7 Å². The number of nitrogens with zero attached hydrogens (tertiary/aromatic N) is 1. The molecular weight excluding hydrogens is 490 g/mol. The van der Waals surface area contributed by atoms with E-state index in [1.807, 2.05) is 33.1 Å². The smallest absolute Gasteiger partial charge is 0.326 e. The lowest BCUT2D eigenvalue weighted by molar-refractivity contribution is -0.148. The number of aliphatic carboxylic acids is 1. The Bertz CT molecular complexity index is 772. The Kier molecular flexibility index (Phi) is 14.9. The predicted octanol–water partition coefficient (Wildman–Crippen LogP) is 6.98. The van der Waals surface area contributed by atoms with Crippen LogP contribution in [0.5, 0.6) is 0 Å². The Balaban J connectivity index is 5.93. The lowest BCUT2D eigenvalue weighted by Crippen LogP contribution is -2.47. The first-order chi connectivity index (χ1) is 16.4. The van der Waals surface area contributed by atoms with Gasteiger partial charge in [-0.05, 0) is 69.5 Å². The minimum absolute atomic E-state index is 0.0621. The highest BCUT2D eigenvalue weighted by molar-refractivity contribution is 7.98. The zero-order valence-corrected chi connectivity index (χ0v) is 26.9. The summed E-state index contributed by atoms with van der Waals surface area (Å²) in [6.45, 7) is 23.2. The number of hydrogen-bond acceptors (Lipinski definition) is 5. The number of carboxylic acids is 1. The van der Waals surface area contributed by atoms with E-state index < -0.39 is 20.3 Å². The largest absolute Gasteiger partial charge is 0.480 e. The third kappa shape index (κ3) is 10.7. The molecule has 0 rings (SSSR count). The van der Waals surface area contributed by atoms with Gasteiger partial charge in [0.15, 0.2) is 8.32 Å². The summed E-state index contributed by atoms with van der Waals surface area (Å²) < 4.78 is 13.2. The number of hydrogen-bond donors (Lipinski definition) is 1. The maximum absolute atomic E-state index is 13.1. The van der Waals surface area contributed by atoms with E-state index in [2.05, 4.69) is 53.8 Å². The van der Waals surface area contributed by atoms with Gasteiger partial charge in [0, 0.05) is 18.5 Å². The van der Waals surface area contributed by atoms with Crippen LogP contribution < -0.4 is 0 Å². The summed E-state index contributed by atoms with van der Waals surface area (Å²) in [6.07, 6.45) is 6.73. The number of likely N-dealkylation sites (N-methyl/N-ethyl adjacent to an activating group) is 1. The molecule has 0 aromatic carbocycles. The molecule has 36 heavy (non-hydrogen) atoms. The SMILES string of the molecule is C/C=C(\C)[C@@H](O[Si](C)(C)C(C)(C)C)[C@@H](C)[C@H](C/C=C(\C)C(=O)N(C)[C@H](CC(C)C)C(=O)O)OCSC. The molecule has 0 radical (unpaired) electrons. The molecule has 0 aromatic heterocycles. The van der Waals surface area contributed by atoms with Crippen LogP contribution in [0.15, 0.2) is 23.3 Å². The lowest BCUT2D eigenvalue weighted by Gasteiger charge is -2.42. The van der Waals surface area contributed by atoms with Gasteiger partial charge in [0.2, 0.25) is 5.91 Å². The molecule has 0 saturated heterocycles. The number of rotatable bonds is 15. The molecule has 0 aliphatic carbocycles. The quantitative estimate of drug-likeness (QED) is 0.104. The van der Waals surface area contributed by atoms with E-state index in [1.165, 1.54) is 10.5 Å². The number of carbonyl (C=O) groups excluding carboxylic acids is 1. The van der Waals surface area contributed by atoms with Crippen molar-refractivity contribution in [2.45, 2.75) is 112 Å². The van der Waals surface area contributed by atoms with Gasteiger partial charge >= 0.3 is 5.97 Å². The van der Waals surface area contributed by atoms with E-state index in [-0.39, 0.29) is 35.0 Å². The van der Waals surface area contributed by atoms with Gasteiger partial charge in [-0.2, -0.15) is 0 Å². The fourth-order valence-corrected chi connectivity index (χ4v) is 5.43. The van der Waals surface area contributed by atoms with Crippen molar-refractivity contribution in [2.24, 2.45) is 11.8 Å². The highest BCUT2D eigenvalue weighted by Crippen LogP contribution is 2.40. The van der Waals surface area contributed by atoms with Crippen molar-refractivity contribution in [3.05, 3.63) is 23.3 Å². The average molecular weight is 544 g/mol. The van der Waals surface area contributed by atoms with Crippen molar-refractivity contribution < 1.29 is 23.9 Å². The van der Waals surface area contributed by atoms with Gasteiger partial charge in [0.25, 0.3) is 0 Å². The number of ether oxygens (including phenoxy) is 1. The molecule has 0 aliphatic rings. The van der Waals surface area contributed by atoms with Crippen LogP contribution in [0.25, 0.3) is 0 Å². The predicted molar refractivity (Wildman–Crippen MR) is 156 cm³/mol. The molecule has 0 fully saturated rings. The van der Waals surface area contributed by atoms with Crippen LogP contribution in [0, 0.1) is 11.8 Å². The van der Waals surface area contributed by atoms with Crippen molar-refractivity contribution in [3.8, 4) is 0 Å². The number of thioether (sulfide) groups is 1. The second-order valence-electron chi connectivity index (χ2n) is 11.8. The molecule has 1 amide bonds. The van der Waals surface area contributed by atoms with Gasteiger partial charge < -0.3 is 19.2 Å². The Morgan fingerprint density at radius 3 is 2.11 bits per heavy atom. The highest BCUT2D eigenvalue weighted by Gasteiger charge is 2.41. The molecule has 4 atom stereocenters.